The number of aryl methyl sites for hydroxylation is 1. The van der Waals surface area contributed by atoms with Crippen molar-refractivity contribution in [2.45, 2.75) is 19.9 Å². The van der Waals surface area contributed by atoms with Crippen LogP contribution in [0.3, 0.4) is 0 Å². The molecule has 2 aromatic rings. The number of pyridine rings is 1. The molecular formula is C16H17N5OS. The lowest BCUT2D eigenvalue weighted by molar-refractivity contribution is 0.0669. The van der Waals surface area contributed by atoms with Gasteiger partial charge in [0.2, 0.25) is 0 Å². The van der Waals surface area contributed by atoms with Crippen LogP contribution in [0.2, 0.25) is 0 Å². The Hall–Kier alpha value is -2.46. The van der Waals surface area contributed by atoms with Crippen LogP contribution in [0, 0.1) is 18.3 Å². The molecule has 0 saturated carbocycles. The Morgan fingerprint density at radius 1 is 1.43 bits per heavy atom. The number of piperazine rings is 1. The predicted octanol–water partition coefficient (Wildman–Crippen LogP) is 2.07. The largest absolute Gasteiger partial charge is 0.367 e. The molecule has 3 rings (SSSR count). The number of nitrogens with zero attached hydrogens (tertiary/aromatic N) is 5. The highest BCUT2D eigenvalue weighted by atomic mass is 32.1. The first-order valence-corrected chi connectivity index (χ1v) is 8.35. The number of aromatic nitrogens is 2. The van der Waals surface area contributed by atoms with Gasteiger partial charge in [-0.2, -0.15) is 5.26 Å². The van der Waals surface area contributed by atoms with Crippen LogP contribution in [-0.4, -0.2) is 46.5 Å². The zero-order valence-electron chi connectivity index (χ0n) is 13.1. The Labute approximate surface area is 139 Å². The van der Waals surface area contributed by atoms with Crippen molar-refractivity contribution in [3.05, 3.63) is 40.1 Å². The number of hydrogen-bond acceptors (Lipinski definition) is 6. The molecular weight excluding hydrogens is 310 g/mol. The molecule has 3 heterocycles. The van der Waals surface area contributed by atoms with Crippen molar-refractivity contribution in [2.75, 3.05) is 24.5 Å². The van der Waals surface area contributed by atoms with E-state index < -0.39 is 0 Å². The topological polar surface area (TPSA) is 73.1 Å². The monoisotopic (exact) mass is 327 g/mol. The van der Waals surface area contributed by atoms with Gasteiger partial charge in [0.25, 0.3) is 5.91 Å². The summed E-state index contributed by atoms with van der Waals surface area (Å²) < 4.78 is 0. The van der Waals surface area contributed by atoms with Gasteiger partial charge in [0.05, 0.1) is 16.8 Å². The highest BCUT2D eigenvalue weighted by Gasteiger charge is 2.29. The van der Waals surface area contributed by atoms with Crippen molar-refractivity contribution in [1.29, 1.82) is 5.26 Å². The highest BCUT2D eigenvalue weighted by molar-refractivity contribution is 7.07. The Morgan fingerprint density at radius 3 is 2.91 bits per heavy atom. The molecule has 6 nitrogen and oxygen atoms in total. The van der Waals surface area contributed by atoms with Crippen LogP contribution in [0.1, 0.15) is 28.7 Å². The third-order valence-corrected chi connectivity index (χ3v) is 4.61. The van der Waals surface area contributed by atoms with Crippen LogP contribution in [-0.2, 0) is 0 Å². The van der Waals surface area contributed by atoms with E-state index in [0.717, 1.165) is 11.4 Å². The number of hydrogen-bond donors (Lipinski definition) is 0. The molecule has 0 spiro atoms. The van der Waals surface area contributed by atoms with Crippen LogP contribution < -0.4 is 4.90 Å². The SMILES string of the molecule is Cc1cc(N2CCN(C(=O)c3cscn3)[C@@H](C)C2)c(C#N)cn1. The predicted molar refractivity (Wildman–Crippen MR) is 88.5 cm³/mol. The first-order valence-electron chi connectivity index (χ1n) is 7.41. The standard InChI is InChI=1S/C16H17N5OS/c1-11-5-15(13(6-17)7-18-11)20-3-4-21(12(2)8-20)16(22)14-9-23-10-19-14/h5,7,9-10,12H,3-4,8H2,1-2H3/t12-/m0/s1. The summed E-state index contributed by atoms with van der Waals surface area (Å²) in [6.07, 6.45) is 1.61. The number of amides is 1. The van der Waals surface area contributed by atoms with Gasteiger partial charge in [0.15, 0.2) is 0 Å². The van der Waals surface area contributed by atoms with E-state index in [1.54, 1.807) is 17.1 Å². The van der Waals surface area contributed by atoms with E-state index in [4.69, 9.17) is 0 Å². The maximum atomic E-state index is 12.5. The number of nitriles is 1. The second-order valence-electron chi connectivity index (χ2n) is 5.62. The summed E-state index contributed by atoms with van der Waals surface area (Å²) in [4.78, 5) is 24.8. The molecule has 1 aliphatic rings. The molecule has 2 aromatic heterocycles. The first kappa shape index (κ1) is 15.4. The van der Waals surface area contributed by atoms with Gasteiger partial charge in [-0.25, -0.2) is 4.98 Å². The average Bonchev–Trinajstić information content (AvgIpc) is 3.08. The molecule has 1 aliphatic heterocycles. The lowest BCUT2D eigenvalue weighted by Gasteiger charge is -2.41. The number of thiazole rings is 1. The van der Waals surface area contributed by atoms with E-state index in [0.29, 0.717) is 30.9 Å². The quantitative estimate of drug-likeness (QED) is 0.844. The number of anilines is 1. The third kappa shape index (κ3) is 3.03. The second kappa shape index (κ2) is 6.34. The Balaban J connectivity index is 1.78. The molecule has 0 unspecified atom stereocenters. The van der Waals surface area contributed by atoms with Crippen molar-refractivity contribution in [1.82, 2.24) is 14.9 Å². The fourth-order valence-corrected chi connectivity index (χ4v) is 3.36. The van der Waals surface area contributed by atoms with Gasteiger partial charge in [0.1, 0.15) is 11.8 Å². The van der Waals surface area contributed by atoms with Gasteiger partial charge in [-0.3, -0.25) is 9.78 Å². The molecule has 0 aliphatic carbocycles. The van der Waals surface area contributed by atoms with Crippen molar-refractivity contribution in [3.63, 3.8) is 0 Å². The zero-order valence-corrected chi connectivity index (χ0v) is 13.9. The van der Waals surface area contributed by atoms with Gasteiger partial charge in [0, 0.05) is 42.9 Å². The molecule has 1 amide bonds. The van der Waals surface area contributed by atoms with Gasteiger partial charge in [-0.1, -0.05) is 0 Å². The lowest BCUT2D eigenvalue weighted by Crippen LogP contribution is -2.54. The molecule has 0 N–H and O–H groups in total. The maximum Gasteiger partial charge on any atom is 0.273 e. The van der Waals surface area contributed by atoms with E-state index >= 15 is 0 Å². The van der Waals surface area contributed by atoms with E-state index in [9.17, 15) is 10.1 Å². The minimum Gasteiger partial charge on any atom is -0.367 e. The van der Waals surface area contributed by atoms with Crippen LogP contribution in [0.4, 0.5) is 5.69 Å². The molecule has 7 heteroatoms. The fourth-order valence-electron chi connectivity index (χ4n) is 2.84. The smallest absolute Gasteiger partial charge is 0.273 e. The number of carbonyl (C=O) groups is 1. The van der Waals surface area contributed by atoms with E-state index in [2.05, 4.69) is 20.9 Å². The van der Waals surface area contributed by atoms with E-state index in [1.165, 1.54) is 11.3 Å². The summed E-state index contributed by atoms with van der Waals surface area (Å²) >= 11 is 1.43. The minimum absolute atomic E-state index is 0.0233. The molecule has 1 atom stereocenters. The zero-order chi connectivity index (χ0) is 16.4. The van der Waals surface area contributed by atoms with Gasteiger partial charge in [-0.15, -0.1) is 11.3 Å². The molecule has 0 aromatic carbocycles. The summed E-state index contributed by atoms with van der Waals surface area (Å²) in [6, 6.07) is 4.19. The molecule has 1 fully saturated rings. The van der Waals surface area contributed by atoms with Crippen molar-refractivity contribution in [2.24, 2.45) is 0 Å². The number of carbonyl (C=O) groups excluding carboxylic acids is 1. The van der Waals surface area contributed by atoms with Gasteiger partial charge < -0.3 is 9.80 Å². The molecule has 23 heavy (non-hydrogen) atoms. The summed E-state index contributed by atoms with van der Waals surface area (Å²) in [6.45, 7) is 5.93. The third-order valence-electron chi connectivity index (χ3n) is 4.02. The van der Waals surface area contributed by atoms with Crippen LogP contribution in [0.15, 0.2) is 23.2 Å². The van der Waals surface area contributed by atoms with Crippen LogP contribution >= 0.6 is 11.3 Å². The van der Waals surface area contributed by atoms with Gasteiger partial charge >= 0.3 is 0 Å². The maximum absolute atomic E-state index is 12.5. The summed E-state index contributed by atoms with van der Waals surface area (Å²) in [5.41, 5.74) is 4.53. The summed E-state index contributed by atoms with van der Waals surface area (Å²) in [5, 5.41) is 11.1. The summed E-state index contributed by atoms with van der Waals surface area (Å²) in [7, 11) is 0. The average molecular weight is 327 g/mol. The highest BCUT2D eigenvalue weighted by Crippen LogP contribution is 2.24. The Kier molecular flexibility index (Phi) is 4.26. The Morgan fingerprint density at radius 2 is 2.26 bits per heavy atom. The lowest BCUT2D eigenvalue weighted by atomic mass is 10.1. The molecule has 1 saturated heterocycles. The van der Waals surface area contributed by atoms with Crippen LogP contribution in [0.5, 0.6) is 0 Å². The molecule has 0 bridgehead atoms. The first-order chi connectivity index (χ1) is 11.1. The number of rotatable bonds is 2. The summed E-state index contributed by atoms with van der Waals surface area (Å²) in [5.74, 6) is -0.0233. The van der Waals surface area contributed by atoms with Gasteiger partial charge in [-0.05, 0) is 19.9 Å². The normalized spacial score (nSPS) is 17.9. The molecule has 0 radical (unpaired) electrons. The minimum atomic E-state index is -0.0233. The van der Waals surface area contributed by atoms with Crippen molar-refractivity contribution >= 4 is 22.9 Å². The van der Waals surface area contributed by atoms with E-state index in [1.807, 2.05) is 24.8 Å². The van der Waals surface area contributed by atoms with Crippen molar-refractivity contribution in [3.8, 4) is 6.07 Å². The fraction of sp³-hybridized carbons (Fsp3) is 0.375. The Bertz CT molecular complexity index is 752. The molecule has 118 valence electrons. The van der Waals surface area contributed by atoms with E-state index in [-0.39, 0.29) is 11.9 Å². The van der Waals surface area contributed by atoms with Crippen molar-refractivity contribution < 1.29 is 4.79 Å². The second-order valence-corrected chi connectivity index (χ2v) is 6.34. The van der Waals surface area contributed by atoms with Crippen LogP contribution in [0.25, 0.3) is 0 Å².